The second-order valence-electron chi connectivity index (χ2n) is 3.03. The van der Waals surface area contributed by atoms with Crippen molar-refractivity contribution in [3.63, 3.8) is 0 Å². The molecule has 84 valence electrons. The van der Waals surface area contributed by atoms with Gasteiger partial charge in [-0.15, -0.1) is 0 Å². The molecule has 0 aliphatic carbocycles. The molecule has 0 saturated heterocycles. The van der Waals surface area contributed by atoms with Crippen molar-refractivity contribution in [2.45, 2.75) is 32.4 Å². The van der Waals surface area contributed by atoms with Gasteiger partial charge in [-0.2, -0.15) is 13.2 Å². The molecule has 6 heteroatoms. The van der Waals surface area contributed by atoms with Crippen LogP contribution in [0.3, 0.4) is 0 Å². The van der Waals surface area contributed by atoms with Crippen molar-refractivity contribution in [1.29, 1.82) is 0 Å². The molecule has 0 saturated carbocycles. The molecule has 14 heavy (non-hydrogen) atoms. The second kappa shape index (κ2) is 5.56. The molecule has 0 N–H and O–H groups in total. The van der Waals surface area contributed by atoms with Crippen molar-refractivity contribution < 1.29 is 22.6 Å². The van der Waals surface area contributed by atoms with E-state index in [2.05, 4.69) is 0 Å². The molecular weight excluding hydrogens is 216 g/mol. The maximum atomic E-state index is 11.7. The summed E-state index contributed by atoms with van der Waals surface area (Å²) in [4.78, 5) is 10.8. The van der Waals surface area contributed by atoms with Gasteiger partial charge < -0.3 is 9.46 Å². The topological polar surface area (TPSA) is 40.1 Å². The molecule has 0 aromatic rings. The lowest BCUT2D eigenvalue weighted by atomic mass is 10.2. The molecule has 0 radical (unpaired) electrons. The Balaban J connectivity index is 4.07. The fraction of sp³-hybridized carbons (Fsp3) is 0.750. The van der Waals surface area contributed by atoms with Crippen molar-refractivity contribution in [2.75, 3.05) is 6.16 Å². The van der Waals surface area contributed by atoms with Crippen molar-refractivity contribution in [3.8, 4) is 0 Å². The predicted molar refractivity (Wildman–Crippen MR) is 47.2 cm³/mol. The Morgan fingerprint density at radius 2 is 2.00 bits per heavy atom. The summed E-state index contributed by atoms with van der Waals surface area (Å²) in [5, 5.41) is 0. The van der Waals surface area contributed by atoms with Gasteiger partial charge in [0.05, 0.1) is 6.16 Å². The highest BCUT2D eigenvalue weighted by Crippen LogP contribution is 2.43. The predicted octanol–water partition coefficient (Wildman–Crippen LogP) is 2.89. The molecule has 0 aliphatic rings. The number of hydrogen-bond acceptors (Lipinski definition) is 2. The van der Waals surface area contributed by atoms with Crippen LogP contribution in [-0.2, 0) is 4.57 Å². The van der Waals surface area contributed by atoms with Crippen molar-refractivity contribution in [3.05, 3.63) is 11.9 Å². The van der Waals surface area contributed by atoms with E-state index in [-0.39, 0.29) is 0 Å². The van der Waals surface area contributed by atoms with E-state index in [0.717, 1.165) is 12.8 Å². The monoisotopic (exact) mass is 229 g/mol. The van der Waals surface area contributed by atoms with Gasteiger partial charge in [0.2, 0.25) is 0 Å². The molecule has 2 nitrogen and oxygen atoms in total. The first kappa shape index (κ1) is 13.7. The molecule has 0 heterocycles. The van der Waals surface area contributed by atoms with Crippen LogP contribution in [0.1, 0.15) is 26.2 Å². The second-order valence-corrected chi connectivity index (χ2v) is 5.09. The van der Waals surface area contributed by atoms with Crippen LogP contribution in [-0.4, -0.2) is 12.3 Å². The Hall–Kier alpha value is -0.280. The third kappa shape index (κ3) is 8.32. The number of unbranched alkanes of at least 4 members (excludes halogenated alkanes) is 2. The van der Waals surface area contributed by atoms with Gasteiger partial charge in [0, 0.05) is 7.37 Å². The van der Waals surface area contributed by atoms with Crippen LogP contribution >= 0.6 is 7.37 Å². The summed E-state index contributed by atoms with van der Waals surface area (Å²) < 4.78 is 46.0. The normalized spacial score (nSPS) is 17.2. The van der Waals surface area contributed by atoms with E-state index in [1.54, 1.807) is 0 Å². The highest BCUT2D eigenvalue weighted by atomic mass is 31.2. The molecule has 0 amide bonds. The van der Waals surface area contributed by atoms with Crippen molar-refractivity contribution in [1.82, 2.24) is 0 Å². The van der Waals surface area contributed by atoms with Gasteiger partial charge in [-0.25, -0.2) is 0 Å². The largest absolute Gasteiger partial charge is 0.796 e. The zero-order valence-electron chi connectivity index (χ0n) is 7.88. The zero-order chi connectivity index (χ0) is 11.2. The lowest BCUT2D eigenvalue weighted by Gasteiger charge is -2.20. The highest BCUT2D eigenvalue weighted by molar-refractivity contribution is 7.59. The molecule has 1 unspecified atom stereocenters. The van der Waals surface area contributed by atoms with E-state index < -0.39 is 19.7 Å². The third-order valence-corrected chi connectivity index (χ3v) is 2.92. The average molecular weight is 229 g/mol. The lowest BCUT2D eigenvalue weighted by molar-refractivity contribution is -0.182. The molecule has 0 rings (SSSR count). The maximum absolute atomic E-state index is 11.7. The molecule has 0 spiro atoms. The quantitative estimate of drug-likeness (QED) is 0.537. The number of halogens is 3. The molecule has 1 atom stereocenters. The van der Waals surface area contributed by atoms with E-state index in [1.165, 1.54) is 6.08 Å². The Bertz CT molecular complexity index is 235. The number of alkyl halides is 3. The summed E-state index contributed by atoms with van der Waals surface area (Å²) in [7, 11) is -4.41. The average Bonchev–Trinajstić information content (AvgIpc) is 1.93. The minimum atomic E-state index is -4.65. The van der Waals surface area contributed by atoms with Gasteiger partial charge in [0.15, 0.2) is 0 Å². The van der Waals surface area contributed by atoms with Crippen LogP contribution in [0.4, 0.5) is 13.2 Å². The zero-order valence-corrected chi connectivity index (χ0v) is 8.78. The van der Waals surface area contributed by atoms with E-state index in [0.29, 0.717) is 12.2 Å². The van der Waals surface area contributed by atoms with Crippen LogP contribution < -0.4 is 4.89 Å². The summed E-state index contributed by atoms with van der Waals surface area (Å²) in [5.41, 5.74) is 0. The lowest BCUT2D eigenvalue weighted by Crippen LogP contribution is -2.18. The van der Waals surface area contributed by atoms with E-state index in [1.807, 2.05) is 6.92 Å². The van der Waals surface area contributed by atoms with E-state index in [9.17, 15) is 22.6 Å². The maximum Gasteiger partial charge on any atom is 0.394 e. The molecule has 0 aromatic heterocycles. The standard InChI is InChI=1S/C8H14F3O2P/c1-2-3-4-5-6-14(12,13)7-8(9,10)11/h5-6H,2-4,7H2,1H3,(H,12,13)/p-1. The number of rotatable bonds is 5. The van der Waals surface area contributed by atoms with Crippen LogP contribution in [0.2, 0.25) is 0 Å². The van der Waals surface area contributed by atoms with Crippen LogP contribution in [0.15, 0.2) is 11.9 Å². The Morgan fingerprint density at radius 1 is 1.43 bits per heavy atom. The van der Waals surface area contributed by atoms with Crippen LogP contribution in [0, 0.1) is 0 Å². The number of hydrogen-bond donors (Lipinski definition) is 0. The Labute approximate surface area is 81.3 Å². The molecule has 0 aromatic carbocycles. The van der Waals surface area contributed by atoms with Gasteiger partial charge in [0.1, 0.15) is 0 Å². The summed E-state index contributed by atoms with van der Waals surface area (Å²) in [6.45, 7) is 1.92. The fourth-order valence-electron chi connectivity index (χ4n) is 0.860. The number of allylic oxidation sites excluding steroid dienone is 1. The van der Waals surface area contributed by atoms with Crippen molar-refractivity contribution >= 4 is 7.37 Å². The first-order chi connectivity index (χ1) is 6.27. The van der Waals surface area contributed by atoms with Crippen LogP contribution in [0.5, 0.6) is 0 Å². The molecule has 0 fully saturated rings. The van der Waals surface area contributed by atoms with Gasteiger partial charge in [0.25, 0.3) is 0 Å². The summed E-state index contributed by atoms with van der Waals surface area (Å²) in [5.74, 6) is 0.677. The highest BCUT2D eigenvalue weighted by Gasteiger charge is 2.31. The third-order valence-electron chi connectivity index (χ3n) is 1.46. The summed E-state index contributed by atoms with van der Waals surface area (Å²) in [6, 6.07) is 0. The van der Waals surface area contributed by atoms with Gasteiger partial charge in [-0.3, -0.25) is 0 Å². The van der Waals surface area contributed by atoms with E-state index in [4.69, 9.17) is 0 Å². The minimum Gasteiger partial charge on any atom is -0.796 e. The van der Waals surface area contributed by atoms with E-state index >= 15 is 0 Å². The first-order valence-corrected chi connectivity index (χ1v) is 6.19. The molecule has 0 aliphatic heterocycles. The fourth-order valence-corrected chi connectivity index (χ4v) is 1.94. The Kier molecular flexibility index (Phi) is 5.45. The van der Waals surface area contributed by atoms with Crippen LogP contribution in [0.25, 0.3) is 0 Å². The van der Waals surface area contributed by atoms with Gasteiger partial charge in [-0.05, 0) is 12.2 Å². The molecule has 0 bridgehead atoms. The SMILES string of the molecule is CCCCC=CP(=O)([O-])CC(F)(F)F. The van der Waals surface area contributed by atoms with Gasteiger partial charge in [-0.1, -0.05) is 25.8 Å². The van der Waals surface area contributed by atoms with Crippen molar-refractivity contribution in [2.24, 2.45) is 0 Å². The Morgan fingerprint density at radius 3 is 2.43 bits per heavy atom. The summed E-state index contributed by atoms with van der Waals surface area (Å²) in [6.07, 6.45) is -2.95. The first-order valence-electron chi connectivity index (χ1n) is 4.31. The smallest absolute Gasteiger partial charge is 0.394 e. The van der Waals surface area contributed by atoms with Gasteiger partial charge >= 0.3 is 6.18 Å². The summed E-state index contributed by atoms with van der Waals surface area (Å²) >= 11 is 0. The minimum absolute atomic E-state index is 0.501. The molecular formula is C8H13F3O2P-.